The number of hydrogen-bond acceptors (Lipinski definition) is 3. The number of nitrogens with one attached hydrogen (secondary N) is 2. The van der Waals surface area contributed by atoms with Gasteiger partial charge in [0.2, 0.25) is 0 Å². The molecule has 4 nitrogen and oxygen atoms in total. The fourth-order valence-corrected chi connectivity index (χ4v) is 6.65. The second-order valence-corrected chi connectivity index (χ2v) is 8.83. The van der Waals surface area contributed by atoms with E-state index in [2.05, 4.69) is 10.9 Å². The van der Waals surface area contributed by atoms with Gasteiger partial charge in [-0.25, -0.2) is 0 Å². The first-order chi connectivity index (χ1) is 10.7. The molecule has 4 heteroatoms. The van der Waals surface area contributed by atoms with Crippen LogP contribution in [0.4, 0.5) is 0 Å². The molecule has 2 N–H and O–H groups in total. The zero-order valence-corrected chi connectivity index (χ0v) is 13.4. The average Bonchev–Trinajstić information content (AvgIpc) is 2.50. The minimum Gasteiger partial charge on any atom is -0.285 e. The van der Waals surface area contributed by atoms with Crippen LogP contribution in [0.15, 0.2) is 4.99 Å². The molecular formula is C18H27N3O. The van der Waals surface area contributed by atoms with Crippen molar-refractivity contribution in [1.29, 1.82) is 0 Å². The van der Waals surface area contributed by atoms with E-state index < -0.39 is 5.54 Å². The first-order valence-electron chi connectivity index (χ1n) is 9.34. The molecule has 6 rings (SSSR count). The van der Waals surface area contributed by atoms with Gasteiger partial charge in [0, 0.05) is 5.41 Å². The molecule has 120 valence electrons. The van der Waals surface area contributed by atoms with Crippen LogP contribution in [-0.4, -0.2) is 17.3 Å². The molecule has 1 aliphatic heterocycles. The van der Waals surface area contributed by atoms with E-state index in [4.69, 9.17) is 4.99 Å². The fraction of sp³-hybridized carbons (Fsp3) is 0.889. The predicted octanol–water partition coefficient (Wildman–Crippen LogP) is 2.94. The number of hydrazine groups is 1. The molecule has 0 unspecified atom stereocenters. The van der Waals surface area contributed by atoms with Gasteiger partial charge in [0.25, 0.3) is 5.91 Å². The van der Waals surface area contributed by atoms with E-state index in [0.29, 0.717) is 0 Å². The number of rotatable bonds is 1. The van der Waals surface area contributed by atoms with Gasteiger partial charge >= 0.3 is 0 Å². The lowest BCUT2D eigenvalue weighted by molar-refractivity contribution is -0.129. The Morgan fingerprint density at radius 1 is 0.864 bits per heavy atom. The summed E-state index contributed by atoms with van der Waals surface area (Å²) in [4.78, 5) is 17.6. The predicted molar refractivity (Wildman–Crippen MR) is 85.1 cm³/mol. The van der Waals surface area contributed by atoms with Crippen molar-refractivity contribution in [3.8, 4) is 0 Å². The molecule has 5 saturated carbocycles. The van der Waals surface area contributed by atoms with Gasteiger partial charge in [-0.2, -0.15) is 0 Å². The van der Waals surface area contributed by atoms with Crippen molar-refractivity contribution < 1.29 is 4.79 Å². The molecule has 4 bridgehead atoms. The SMILES string of the molecule is O=C1NNC(C23CC4CC(CC(C4)C2)C3)=NC12CCCCC2. The molecule has 0 atom stereocenters. The van der Waals surface area contributed by atoms with E-state index in [1.165, 1.54) is 44.9 Å². The molecule has 6 aliphatic rings. The fourth-order valence-electron chi connectivity index (χ4n) is 6.65. The summed E-state index contributed by atoms with van der Waals surface area (Å²) in [6.45, 7) is 0. The quantitative estimate of drug-likeness (QED) is 0.782. The number of carbonyl (C=O) groups is 1. The van der Waals surface area contributed by atoms with Crippen LogP contribution in [0.5, 0.6) is 0 Å². The van der Waals surface area contributed by atoms with Crippen LogP contribution in [0.1, 0.15) is 70.6 Å². The Kier molecular flexibility index (Phi) is 2.73. The molecule has 1 amide bonds. The molecule has 0 saturated heterocycles. The van der Waals surface area contributed by atoms with Gasteiger partial charge in [0.05, 0.1) is 0 Å². The van der Waals surface area contributed by atoms with Gasteiger partial charge in [-0.1, -0.05) is 19.3 Å². The van der Waals surface area contributed by atoms with Crippen molar-refractivity contribution in [2.24, 2.45) is 28.2 Å². The lowest BCUT2D eigenvalue weighted by Gasteiger charge is -2.57. The van der Waals surface area contributed by atoms with Crippen LogP contribution >= 0.6 is 0 Å². The Bertz CT molecular complexity index is 497. The van der Waals surface area contributed by atoms with Crippen molar-refractivity contribution in [1.82, 2.24) is 10.9 Å². The Labute approximate surface area is 132 Å². The van der Waals surface area contributed by atoms with E-state index in [0.717, 1.165) is 49.3 Å². The van der Waals surface area contributed by atoms with Crippen molar-refractivity contribution in [2.45, 2.75) is 76.2 Å². The molecule has 1 spiro atoms. The summed E-state index contributed by atoms with van der Waals surface area (Å²) < 4.78 is 0. The molecule has 22 heavy (non-hydrogen) atoms. The maximum Gasteiger partial charge on any atom is 0.266 e. The summed E-state index contributed by atoms with van der Waals surface area (Å²) in [5.41, 5.74) is 6.06. The van der Waals surface area contributed by atoms with Crippen LogP contribution in [0.3, 0.4) is 0 Å². The molecule has 0 radical (unpaired) electrons. The first-order valence-corrected chi connectivity index (χ1v) is 9.34. The van der Waals surface area contributed by atoms with E-state index in [1.54, 1.807) is 0 Å². The van der Waals surface area contributed by atoms with Crippen molar-refractivity contribution in [3.63, 3.8) is 0 Å². The van der Waals surface area contributed by atoms with Gasteiger partial charge in [-0.05, 0) is 69.1 Å². The molecule has 0 aromatic rings. The Hall–Kier alpha value is -1.06. The Morgan fingerprint density at radius 3 is 2.05 bits per heavy atom. The third-order valence-electron chi connectivity index (χ3n) is 7.26. The summed E-state index contributed by atoms with van der Waals surface area (Å²) in [6, 6.07) is 0. The molecule has 5 aliphatic carbocycles. The van der Waals surface area contributed by atoms with Crippen LogP contribution in [0.2, 0.25) is 0 Å². The number of amides is 1. The summed E-state index contributed by atoms with van der Waals surface area (Å²) >= 11 is 0. The molecule has 0 aromatic heterocycles. The monoisotopic (exact) mass is 301 g/mol. The summed E-state index contributed by atoms with van der Waals surface area (Å²) in [7, 11) is 0. The third kappa shape index (κ3) is 1.82. The second-order valence-electron chi connectivity index (χ2n) is 8.83. The number of hydrogen-bond donors (Lipinski definition) is 2. The highest BCUT2D eigenvalue weighted by atomic mass is 16.2. The van der Waals surface area contributed by atoms with Crippen LogP contribution in [0, 0.1) is 23.2 Å². The van der Waals surface area contributed by atoms with Crippen molar-refractivity contribution in [3.05, 3.63) is 0 Å². The van der Waals surface area contributed by atoms with Gasteiger partial charge in [-0.15, -0.1) is 0 Å². The average molecular weight is 301 g/mol. The van der Waals surface area contributed by atoms with E-state index >= 15 is 0 Å². The minimum atomic E-state index is -0.442. The Morgan fingerprint density at radius 2 is 1.45 bits per heavy atom. The van der Waals surface area contributed by atoms with Crippen LogP contribution in [-0.2, 0) is 4.79 Å². The minimum absolute atomic E-state index is 0.112. The smallest absolute Gasteiger partial charge is 0.266 e. The van der Waals surface area contributed by atoms with Crippen LogP contribution < -0.4 is 10.9 Å². The lowest BCUT2D eigenvalue weighted by atomic mass is 9.49. The topological polar surface area (TPSA) is 53.5 Å². The maximum absolute atomic E-state index is 12.5. The number of carbonyl (C=O) groups excluding carboxylic acids is 1. The van der Waals surface area contributed by atoms with E-state index in [9.17, 15) is 4.79 Å². The van der Waals surface area contributed by atoms with Crippen LogP contribution in [0.25, 0.3) is 0 Å². The maximum atomic E-state index is 12.5. The number of amidine groups is 1. The van der Waals surface area contributed by atoms with Gasteiger partial charge in [0.1, 0.15) is 11.4 Å². The van der Waals surface area contributed by atoms with Gasteiger partial charge in [-0.3, -0.25) is 20.6 Å². The summed E-state index contributed by atoms with van der Waals surface area (Å²) in [5, 5.41) is 0. The highest BCUT2D eigenvalue weighted by Crippen LogP contribution is 2.60. The normalized spacial score (nSPS) is 45.4. The zero-order chi connectivity index (χ0) is 14.8. The zero-order valence-electron chi connectivity index (χ0n) is 13.4. The molecule has 0 aromatic carbocycles. The highest BCUT2D eigenvalue weighted by molar-refractivity contribution is 5.99. The first kappa shape index (κ1) is 13.4. The van der Waals surface area contributed by atoms with Gasteiger partial charge in [0.15, 0.2) is 0 Å². The number of nitrogens with zero attached hydrogens (tertiary/aromatic N) is 1. The summed E-state index contributed by atoms with van der Waals surface area (Å²) in [6.07, 6.45) is 13.7. The highest BCUT2D eigenvalue weighted by Gasteiger charge is 2.55. The standard InChI is InChI=1S/C18H27N3O/c22-16-18(4-2-1-3-5-18)19-15(20-21-16)17-9-12-6-13(10-17)8-14(7-12)11-17/h12-14H,1-11H2,(H,19,20)(H,21,22). The van der Waals surface area contributed by atoms with E-state index in [1.807, 2.05) is 0 Å². The third-order valence-corrected chi connectivity index (χ3v) is 7.26. The Balaban J connectivity index is 1.52. The van der Waals surface area contributed by atoms with Crippen molar-refractivity contribution >= 4 is 11.7 Å². The van der Waals surface area contributed by atoms with Gasteiger partial charge < -0.3 is 0 Å². The molecule has 5 fully saturated rings. The summed E-state index contributed by atoms with van der Waals surface area (Å²) in [5.74, 6) is 4.00. The lowest BCUT2D eigenvalue weighted by Crippen LogP contribution is -2.64. The van der Waals surface area contributed by atoms with E-state index in [-0.39, 0.29) is 11.3 Å². The largest absolute Gasteiger partial charge is 0.285 e. The second kappa shape index (κ2) is 4.48. The van der Waals surface area contributed by atoms with Crippen molar-refractivity contribution in [2.75, 3.05) is 0 Å². The number of aliphatic imine (C=N–C) groups is 1. The molecular weight excluding hydrogens is 274 g/mol. The molecule has 1 heterocycles.